The molecule has 3 aromatic carbocycles. The highest BCUT2D eigenvalue weighted by Gasteiger charge is 2.43. The van der Waals surface area contributed by atoms with Crippen LogP contribution in [0.1, 0.15) is 54.4 Å². The fourth-order valence-corrected chi connectivity index (χ4v) is 6.12. The van der Waals surface area contributed by atoms with Crippen molar-refractivity contribution in [2.24, 2.45) is 5.41 Å². The highest BCUT2D eigenvalue weighted by molar-refractivity contribution is 6.08. The summed E-state index contributed by atoms with van der Waals surface area (Å²) in [6.07, 6.45) is 6.41. The molecule has 0 bridgehead atoms. The Hall–Kier alpha value is -3.54. The second kappa shape index (κ2) is 11.5. The van der Waals surface area contributed by atoms with Gasteiger partial charge in [0.15, 0.2) is 0 Å². The van der Waals surface area contributed by atoms with Gasteiger partial charge in [-0.05, 0) is 61.3 Å². The van der Waals surface area contributed by atoms with Crippen LogP contribution in [0.25, 0.3) is 10.8 Å². The Balaban J connectivity index is 1.31. The number of carbonyl (C=O) groups excluding carboxylic acids is 2. The van der Waals surface area contributed by atoms with Crippen LogP contribution in [-0.4, -0.2) is 62.0 Å². The Labute approximate surface area is 225 Å². The predicted molar refractivity (Wildman–Crippen MR) is 150 cm³/mol. The predicted octanol–water partition coefficient (Wildman–Crippen LogP) is 5.72. The number of piperidine rings is 1. The van der Waals surface area contributed by atoms with Crippen molar-refractivity contribution in [3.63, 3.8) is 0 Å². The topological polar surface area (TPSA) is 59.1 Å². The van der Waals surface area contributed by atoms with Crippen molar-refractivity contribution in [2.75, 3.05) is 40.4 Å². The van der Waals surface area contributed by atoms with Gasteiger partial charge >= 0.3 is 0 Å². The Kier molecular flexibility index (Phi) is 7.87. The van der Waals surface area contributed by atoms with E-state index in [1.807, 2.05) is 65.4 Å². The fourth-order valence-electron chi connectivity index (χ4n) is 6.12. The van der Waals surface area contributed by atoms with Gasteiger partial charge in [-0.3, -0.25) is 9.59 Å². The minimum atomic E-state index is -0.422. The van der Waals surface area contributed by atoms with Gasteiger partial charge in [0.05, 0.1) is 19.1 Å². The standard InChI is InChI=1S/C32H38N2O4/c1-33-22-23-38-28-14-8-5-11-24(28)10-4-3-9-17-32(31(33)36)18-20-34(21-19-32)30(35)27-15-16-29(37-2)26-13-7-6-12-25(26)27/h5-8,11-16H,3-4,9-10,17-23H2,1-2H3. The molecule has 2 aliphatic heterocycles. The van der Waals surface area contributed by atoms with Crippen molar-refractivity contribution >= 4 is 22.6 Å². The molecule has 1 spiro atoms. The van der Waals surface area contributed by atoms with Crippen molar-refractivity contribution < 1.29 is 19.1 Å². The SMILES string of the molecule is COc1ccc(C(=O)N2CCC3(CCCCCc4ccccc4OCCN(C)C3=O)CC2)c2ccccc12. The van der Waals surface area contributed by atoms with Crippen LogP contribution in [0.15, 0.2) is 60.7 Å². The van der Waals surface area contributed by atoms with Crippen LogP contribution in [0.3, 0.4) is 0 Å². The normalized spacial score (nSPS) is 18.6. The molecule has 2 amide bonds. The first-order valence-electron chi connectivity index (χ1n) is 13.8. The maximum absolute atomic E-state index is 13.8. The van der Waals surface area contributed by atoms with Gasteiger partial charge in [-0.25, -0.2) is 0 Å². The van der Waals surface area contributed by atoms with Gasteiger partial charge in [0.2, 0.25) is 5.91 Å². The van der Waals surface area contributed by atoms with E-state index < -0.39 is 5.41 Å². The lowest BCUT2D eigenvalue weighted by atomic mass is 9.73. The number of nitrogens with zero attached hydrogens (tertiary/aromatic N) is 2. The number of aryl methyl sites for hydroxylation is 1. The number of methoxy groups -OCH3 is 1. The number of hydrogen-bond donors (Lipinski definition) is 0. The van der Waals surface area contributed by atoms with Crippen molar-refractivity contribution in [1.82, 2.24) is 9.80 Å². The molecular formula is C32H38N2O4. The van der Waals surface area contributed by atoms with Crippen LogP contribution in [0.2, 0.25) is 0 Å². The van der Waals surface area contributed by atoms with E-state index in [1.54, 1.807) is 7.11 Å². The smallest absolute Gasteiger partial charge is 0.254 e. The van der Waals surface area contributed by atoms with E-state index >= 15 is 0 Å². The summed E-state index contributed by atoms with van der Waals surface area (Å²) in [4.78, 5) is 31.2. The maximum atomic E-state index is 13.8. The minimum Gasteiger partial charge on any atom is -0.496 e. The van der Waals surface area contributed by atoms with Crippen molar-refractivity contribution in [2.45, 2.75) is 44.9 Å². The van der Waals surface area contributed by atoms with E-state index in [0.717, 1.165) is 54.4 Å². The summed E-state index contributed by atoms with van der Waals surface area (Å²) in [6, 6.07) is 19.8. The summed E-state index contributed by atoms with van der Waals surface area (Å²) in [5, 5.41) is 1.83. The zero-order chi connectivity index (χ0) is 26.5. The second-order valence-corrected chi connectivity index (χ2v) is 10.7. The molecule has 2 aliphatic rings. The first kappa shape index (κ1) is 26.1. The number of fused-ring (bicyclic) bond motifs is 2. The Morgan fingerprint density at radius 2 is 1.61 bits per heavy atom. The molecular weight excluding hydrogens is 476 g/mol. The first-order valence-corrected chi connectivity index (χ1v) is 13.8. The lowest BCUT2D eigenvalue weighted by Crippen LogP contribution is -2.51. The molecule has 0 saturated carbocycles. The zero-order valence-electron chi connectivity index (χ0n) is 22.6. The highest BCUT2D eigenvalue weighted by Crippen LogP contribution is 2.40. The average molecular weight is 515 g/mol. The number of amides is 2. The largest absolute Gasteiger partial charge is 0.496 e. The van der Waals surface area contributed by atoms with E-state index in [1.165, 1.54) is 5.56 Å². The summed E-state index contributed by atoms with van der Waals surface area (Å²) in [5.74, 6) is 1.91. The van der Waals surface area contributed by atoms with Gasteiger partial charge in [0.1, 0.15) is 18.1 Å². The van der Waals surface area contributed by atoms with E-state index in [4.69, 9.17) is 9.47 Å². The lowest BCUT2D eigenvalue weighted by molar-refractivity contribution is -0.144. The molecule has 6 heteroatoms. The van der Waals surface area contributed by atoms with Gasteiger partial charge < -0.3 is 19.3 Å². The molecule has 38 heavy (non-hydrogen) atoms. The second-order valence-electron chi connectivity index (χ2n) is 10.7. The summed E-state index contributed by atoms with van der Waals surface area (Å²) in [7, 11) is 3.54. The number of ether oxygens (including phenoxy) is 2. The van der Waals surface area contributed by atoms with E-state index in [9.17, 15) is 9.59 Å². The monoisotopic (exact) mass is 514 g/mol. The minimum absolute atomic E-state index is 0.0234. The molecule has 3 aromatic rings. The van der Waals surface area contributed by atoms with E-state index in [-0.39, 0.29) is 11.8 Å². The van der Waals surface area contributed by atoms with Crippen LogP contribution in [0, 0.1) is 5.41 Å². The average Bonchev–Trinajstić information content (AvgIpc) is 2.97. The van der Waals surface area contributed by atoms with Gasteiger partial charge in [-0.15, -0.1) is 0 Å². The number of para-hydroxylation sites is 1. The first-order chi connectivity index (χ1) is 18.5. The molecule has 0 N–H and O–H groups in total. The summed E-state index contributed by atoms with van der Waals surface area (Å²) >= 11 is 0. The number of benzene rings is 3. The molecule has 0 unspecified atom stereocenters. The molecule has 0 radical (unpaired) electrons. The fraction of sp³-hybridized carbons (Fsp3) is 0.438. The third-order valence-electron chi connectivity index (χ3n) is 8.40. The summed E-state index contributed by atoms with van der Waals surface area (Å²) in [6.45, 7) is 2.20. The van der Waals surface area contributed by atoms with Gasteiger partial charge in [-0.1, -0.05) is 55.3 Å². The van der Waals surface area contributed by atoms with Gasteiger partial charge in [-0.2, -0.15) is 0 Å². The number of carbonyl (C=O) groups is 2. The molecule has 6 nitrogen and oxygen atoms in total. The number of likely N-dealkylation sites (tertiary alicyclic amines) is 1. The molecule has 0 aliphatic carbocycles. The molecule has 5 rings (SSSR count). The van der Waals surface area contributed by atoms with Crippen LogP contribution in [0.4, 0.5) is 0 Å². The van der Waals surface area contributed by atoms with Crippen molar-refractivity contribution in [3.8, 4) is 11.5 Å². The van der Waals surface area contributed by atoms with Crippen LogP contribution >= 0.6 is 0 Å². The van der Waals surface area contributed by atoms with Crippen LogP contribution in [0.5, 0.6) is 11.5 Å². The third-order valence-corrected chi connectivity index (χ3v) is 8.40. The van der Waals surface area contributed by atoms with Crippen LogP contribution in [-0.2, 0) is 11.2 Å². The third kappa shape index (κ3) is 5.22. The van der Waals surface area contributed by atoms with Crippen molar-refractivity contribution in [3.05, 3.63) is 71.8 Å². The van der Waals surface area contributed by atoms with E-state index in [2.05, 4.69) is 12.1 Å². The molecule has 2 heterocycles. The molecule has 0 atom stereocenters. The maximum Gasteiger partial charge on any atom is 0.254 e. The molecule has 0 aromatic heterocycles. The lowest BCUT2D eigenvalue weighted by Gasteiger charge is -2.42. The molecule has 1 fully saturated rings. The van der Waals surface area contributed by atoms with Gasteiger partial charge in [0, 0.05) is 31.1 Å². The van der Waals surface area contributed by atoms with Crippen LogP contribution < -0.4 is 9.47 Å². The quantitative estimate of drug-likeness (QED) is 0.439. The zero-order valence-corrected chi connectivity index (χ0v) is 22.6. The summed E-state index contributed by atoms with van der Waals surface area (Å²) < 4.78 is 11.6. The number of rotatable bonds is 2. The molecule has 1 saturated heterocycles. The Bertz CT molecular complexity index is 1300. The van der Waals surface area contributed by atoms with Gasteiger partial charge in [0.25, 0.3) is 5.91 Å². The molecule has 200 valence electrons. The number of likely N-dealkylation sites (N-methyl/N-ethyl adjacent to an activating group) is 1. The highest BCUT2D eigenvalue weighted by atomic mass is 16.5. The van der Waals surface area contributed by atoms with E-state index in [0.29, 0.717) is 44.6 Å². The van der Waals surface area contributed by atoms with Crippen molar-refractivity contribution in [1.29, 1.82) is 0 Å². The Morgan fingerprint density at radius 3 is 2.39 bits per heavy atom. The number of hydrogen-bond acceptors (Lipinski definition) is 4. The summed E-state index contributed by atoms with van der Waals surface area (Å²) in [5.41, 5.74) is 1.51. The Morgan fingerprint density at radius 1 is 0.868 bits per heavy atom.